The van der Waals surface area contributed by atoms with Gasteiger partial charge in [0.15, 0.2) is 0 Å². The van der Waals surface area contributed by atoms with Crippen molar-refractivity contribution < 1.29 is 5.11 Å². The van der Waals surface area contributed by atoms with Gasteiger partial charge in [0, 0.05) is 31.7 Å². The van der Waals surface area contributed by atoms with Crippen LogP contribution in [0.5, 0.6) is 0 Å². The first-order valence-corrected chi connectivity index (χ1v) is 8.61. The van der Waals surface area contributed by atoms with Crippen molar-refractivity contribution in [3.8, 4) is 0 Å². The summed E-state index contributed by atoms with van der Waals surface area (Å²) in [7, 11) is 0. The van der Waals surface area contributed by atoms with Gasteiger partial charge in [-0.3, -0.25) is 9.80 Å². The Morgan fingerprint density at radius 2 is 1.70 bits per heavy atom. The lowest BCUT2D eigenvalue weighted by atomic mass is 9.70. The molecule has 1 N–H and O–H groups in total. The zero-order valence-electron chi connectivity index (χ0n) is 13.5. The molecule has 0 radical (unpaired) electrons. The summed E-state index contributed by atoms with van der Waals surface area (Å²) in [6.45, 7) is 12.0. The zero-order valence-corrected chi connectivity index (χ0v) is 13.5. The Labute approximate surface area is 124 Å². The summed E-state index contributed by atoms with van der Waals surface area (Å²) in [5.74, 6) is 0.762. The molecule has 3 rings (SSSR count). The molecule has 4 unspecified atom stereocenters. The van der Waals surface area contributed by atoms with E-state index in [0.717, 1.165) is 24.9 Å². The van der Waals surface area contributed by atoms with Crippen LogP contribution in [-0.2, 0) is 0 Å². The predicted molar refractivity (Wildman–Crippen MR) is 82.8 cm³/mol. The Balaban J connectivity index is 1.65. The SMILES string of the molecule is CC(C)(C)C1CCC(O)C(N2CCN3CCCC3C2)C1. The predicted octanol–water partition coefficient (Wildman–Crippen LogP) is 2.34. The molecule has 1 saturated carbocycles. The van der Waals surface area contributed by atoms with E-state index in [0.29, 0.717) is 11.5 Å². The molecule has 3 aliphatic rings. The van der Waals surface area contributed by atoms with E-state index in [9.17, 15) is 5.11 Å². The third-order valence-electron chi connectivity index (χ3n) is 6.09. The molecule has 3 fully saturated rings. The van der Waals surface area contributed by atoms with Gasteiger partial charge < -0.3 is 5.11 Å². The number of hydrogen-bond donors (Lipinski definition) is 1. The molecule has 2 saturated heterocycles. The van der Waals surface area contributed by atoms with Gasteiger partial charge in [-0.2, -0.15) is 0 Å². The van der Waals surface area contributed by atoms with Crippen LogP contribution in [0.15, 0.2) is 0 Å². The van der Waals surface area contributed by atoms with E-state index in [4.69, 9.17) is 0 Å². The maximum atomic E-state index is 10.5. The second-order valence-corrected chi connectivity index (χ2v) is 8.34. The summed E-state index contributed by atoms with van der Waals surface area (Å²) in [6, 6.07) is 1.18. The molecule has 0 spiro atoms. The van der Waals surface area contributed by atoms with Crippen molar-refractivity contribution in [2.24, 2.45) is 11.3 Å². The minimum atomic E-state index is -0.0958. The molecular formula is C17H32N2O. The van der Waals surface area contributed by atoms with Gasteiger partial charge in [0.2, 0.25) is 0 Å². The number of aliphatic hydroxyl groups is 1. The van der Waals surface area contributed by atoms with Gasteiger partial charge in [0.05, 0.1) is 6.10 Å². The van der Waals surface area contributed by atoms with Crippen molar-refractivity contribution in [3.05, 3.63) is 0 Å². The molecule has 4 atom stereocenters. The molecule has 116 valence electrons. The highest BCUT2D eigenvalue weighted by atomic mass is 16.3. The summed E-state index contributed by atoms with van der Waals surface area (Å²) in [6.07, 6.45) is 6.03. The average Bonchev–Trinajstić information content (AvgIpc) is 2.85. The van der Waals surface area contributed by atoms with Crippen LogP contribution in [-0.4, -0.2) is 59.3 Å². The fourth-order valence-corrected chi connectivity index (χ4v) is 4.63. The average molecular weight is 280 g/mol. The minimum Gasteiger partial charge on any atom is -0.391 e. The Bertz CT molecular complexity index is 338. The molecule has 0 aromatic heterocycles. The van der Waals surface area contributed by atoms with Crippen molar-refractivity contribution in [3.63, 3.8) is 0 Å². The van der Waals surface area contributed by atoms with Gasteiger partial charge in [-0.05, 0) is 50.0 Å². The maximum Gasteiger partial charge on any atom is 0.0695 e. The zero-order chi connectivity index (χ0) is 14.3. The van der Waals surface area contributed by atoms with Crippen LogP contribution in [0.3, 0.4) is 0 Å². The Kier molecular flexibility index (Phi) is 4.13. The smallest absolute Gasteiger partial charge is 0.0695 e. The van der Waals surface area contributed by atoms with Crippen molar-refractivity contribution in [1.29, 1.82) is 0 Å². The maximum absolute atomic E-state index is 10.5. The Morgan fingerprint density at radius 1 is 0.950 bits per heavy atom. The Hall–Kier alpha value is -0.120. The molecule has 3 nitrogen and oxygen atoms in total. The van der Waals surface area contributed by atoms with E-state index in [1.165, 1.54) is 45.3 Å². The van der Waals surface area contributed by atoms with E-state index in [2.05, 4.69) is 30.6 Å². The highest BCUT2D eigenvalue weighted by Gasteiger charge is 2.40. The largest absolute Gasteiger partial charge is 0.391 e. The van der Waals surface area contributed by atoms with Gasteiger partial charge >= 0.3 is 0 Å². The van der Waals surface area contributed by atoms with Crippen molar-refractivity contribution >= 4 is 0 Å². The van der Waals surface area contributed by atoms with Crippen LogP contribution in [0.2, 0.25) is 0 Å². The van der Waals surface area contributed by atoms with Crippen LogP contribution in [0.1, 0.15) is 52.9 Å². The van der Waals surface area contributed by atoms with Gasteiger partial charge in [-0.15, -0.1) is 0 Å². The lowest BCUT2D eigenvalue weighted by Crippen LogP contribution is -2.58. The summed E-state index contributed by atoms with van der Waals surface area (Å²) in [5.41, 5.74) is 0.383. The van der Waals surface area contributed by atoms with E-state index in [1.54, 1.807) is 0 Å². The topological polar surface area (TPSA) is 26.7 Å². The van der Waals surface area contributed by atoms with Gasteiger partial charge in [-0.1, -0.05) is 20.8 Å². The molecule has 0 aromatic carbocycles. The number of piperazine rings is 1. The van der Waals surface area contributed by atoms with E-state index < -0.39 is 0 Å². The lowest BCUT2D eigenvalue weighted by molar-refractivity contribution is -0.0400. The van der Waals surface area contributed by atoms with Crippen molar-refractivity contribution in [1.82, 2.24) is 9.80 Å². The third-order valence-corrected chi connectivity index (χ3v) is 6.09. The quantitative estimate of drug-likeness (QED) is 0.799. The number of nitrogens with zero attached hydrogens (tertiary/aromatic N) is 2. The second kappa shape index (κ2) is 5.58. The van der Waals surface area contributed by atoms with Crippen LogP contribution in [0.4, 0.5) is 0 Å². The number of aliphatic hydroxyl groups excluding tert-OH is 1. The monoisotopic (exact) mass is 280 g/mol. The molecule has 2 heterocycles. The highest BCUT2D eigenvalue weighted by molar-refractivity contribution is 4.95. The minimum absolute atomic E-state index is 0.0958. The fraction of sp³-hybridized carbons (Fsp3) is 1.00. The normalized spacial score (nSPS) is 40.8. The molecule has 0 aromatic rings. The molecule has 2 aliphatic heterocycles. The van der Waals surface area contributed by atoms with Crippen molar-refractivity contribution in [2.75, 3.05) is 26.2 Å². The lowest BCUT2D eigenvalue weighted by Gasteiger charge is -2.48. The number of rotatable bonds is 1. The summed E-state index contributed by atoms with van der Waals surface area (Å²) >= 11 is 0. The molecule has 20 heavy (non-hydrogen) atoms. The Morgan fingerprint density at radius 3 is 2.45 bits per heavy atom. The van der Waals surface area contributed by atoms with Crippen LogP contribution in [0.25, 0.3) is 0 Å². The van der Waals surface area contributed by atoms with Crippen LogP contribution < -0.4 is 0 Å². The summed E-state index contributed by atoms with van der Waals surface area (Å²) in [4.78, 5) is 5.28. The fourth-order valence-electron chi connectivity index (χ4n) is 4.63. The molecule has 1 aliphatic carbocycles. The first kappa shape index (κ1) is 14.8. The standard InChI is InChI=1S/C17H32N2O/c1-17(2,3)13-6-7-16(20)15(11-13)19-10-9-18-8-4-5-14(18)12-19/h13-16,20H,4-12H2,1-3H3. The van der Waals surface area contributed by atoms with Crippen LogP contribution in [0, 0.1) is 11.3 Å². The molecular weight excluding hydrogens is 248 g/mol. The van der Waals surface area contributed by atoms with Gasteiger partial charge in [0.25, 0.3) is 0 Å². The highest BCUT2D eigenvalue weighted by Crippen LogP contribution is 2.40. The van der Waals surface area contributed by atoms with Gasteiger partial charge in [0.1, 0.15) is 0 Å². The third kappa shape index (κ3) is 2.90. The second-order valence-electron chi connectivity index (χ2n) is 8.34. The summed E-state index contributed by atoms with van der Waals surface area (Å²) in [5, 5.41) is 10.5. The van der Waals surface area contributed by atoms with E-state index in [-0.39, 0.29) is 6.10 Å². The molecule has 0 amide bonds. The molecule has 0 bridgehead atoms. The number of hydrogen-bond acceptors (Lipinski definition) is 3. The van der Waals surface area contributed by atoms with Crippen LogP contribution >= 0.6 is 0 Å². The first-order valence-electron chi connectivity index (χ1n) is 8.61. The van der Waals surface area contributed by atoms with E-state index in [1.807, 2.05) is 0 Å². The number of fused-ring (bicyclic) bond motifs is 1. The molecule has 3 heteroatoms. The van der Waals surface area contributed by atoms with E-state index >= 15 is 0 Å². The first-order chi connectivity index (χ1) is 9.45. The van der Waals surface area contributed by atoms with Gasteiger partial charge in [-0.25, -0.2) is 0 Å². The summed E-state index contributed by atoms with van der Waals surface area (Å²) < 4.78 is 0. The van der Waals surface area contributed by atoms with Crippen molar-refractivity contribution in [2.45, 2.75) is 71.1 Å².